The fourth-order valence-electron chi connectivity index (χ4n) is 4.00. The van der Waals surface area contributed by atoms with E-state index in [-0.39, 0.29) is 0 Å². The van der Waals surface area contributed by atoms with E-state index in [1.165, 1.54) is 32.7 Å². The Bertz CT molecular complexity index is 1000. The van der Waals surface area contributed by atoms with Gasteiger partial charge >= 0.3 is 0 Å². The molecule has 0 spiro atoms. The summed E-state index contributed by atoms with van der Waals surface area (Å²) in [5.74, 6) is 1.28. The summed E-state index contributed by atoms with van der Waals surface area (Å²) in [6, 6.07) is 17.8. The predicted molar refractivity (Wildman–Crippen MR) is 92.7 cm³/mol. The molecule has 0 bridgehead atoms. The number of hydrogen-bond donors (Lipinski definition) is 0. The van der Waals surface area contributed by atoms with Crippen molar-refractivity contribution in [3.05, 3.63) is 78.0 Å². The third-order valence-electron chi connectivity index (χ3n) is 5.15. The van der Waals surface area contributed by atoms with Crippen LogP contribution < -0.4 is 0 Å². The molecule has 0 radical (unpaired) electrons. The van der Waals surface area contributed by atoms with E-state index in [9.17, 15) is 0 Å². The number of nitrogens with zero attached hydrogens (tertiary/aromatic N) is 1. The molecule has 1 aromatic heterocycles. The first-order valence-electron chi connectivity index (χ1n) is 8.22. The van der Waals surface area contributed by atoms with Gasteiger partial charge in [0.05, 0.1) is 6.20 Å². The number of hydrogen-bond acceptors (Lipinski definition) is 2. The van der Waals surface area contributed by atoms with Crippen molar-refractivity contribution < 1.29 is 4.42 Å². The molecule has 1 atom stereocenters. The lowest BCUT2D eigenvalue weighted by Gasteiger charge is -2.24. The van der Waals surface area contributed by atoms with E-state index >= 15 is 0 Å². The first kappa shape index (κ1) is 12.9. The highest BCUT2D eigenvalue weighted by molar-refractivity contribution is 6.08. The first-order chi connectivity index (χ1) is 11.4. The Hall–Kier alpha value is -2.61. The van der Waals surface area contributed by atoms with Gasteiger partial charge in [0.15, 0.2) is 5.89 Å². The molecular formula is C21H17NO. The van der Waals surface area contributed by atoms with Crippen LogP contribution in [0.4, 0.5) is 0 Å². The second kappa shape index (κ2) is 4.95. The van der Waals surface area contributed by atoms with Gasteiger partial charge in [0.25, 0.3) is 0 Å². The van der Waals surface area contributed by atoms with Gasteiger partial charge in [-0.05, 0) is 51.9 Å². The zero-order chi connectivity index (χ0) is 15.2. The summed E-state index contributed by atoms with van der Waals surface area (Å²) in [5, 5.41) is 5.39. The SMILES string of the molecule is c1ccc2c(c1)ccc1c3c(ccc12)CCC(c1ncco1)C3. The van der Waals surface area contributed by atoms with Crippen LogP contribution in [0, 0.1) is 0 Å². The van der Waals surface area contributed by atoms with E-state index in [1.54, 1.807) is 12.5 Å². The Labute approximate surface area is 134 Å². The normalized spacial score (nSPS) is 17.5. The van der Waals surface area contributed by atoms with Gasteiger partial charge in [0, 0.05) is 5.92 Å². The Morgan fingerprint density at radius 1 is 0.913 bits per heavy atom. The Morgan fingerprint density at radius 3 is 2.74 bits per heavy atom. The lowest BCUT2D eigenvalue weighted by atomic mass is 9.81. The van der Waals surface area contributed by atoms with Crippen LogP contribution in [0.3, 0.4) is 0 Å². The lowest BCUT2D eigenvalue weighted by molar-refractivity contribution is 0.419. The van der Waals surface area contributed by atoms with E-state index in [1.807, 2.05) is 0 Å². The van der Waals surface area contributed by atoms with Crippen molar-refractivity contribution >= 4 is 21.5 Å². The van der Waals surface area contributed by atoms with Crippen molar-refractivity contribution in [1.29, 1.82) is 0 Å². The molecule has 1 aliphatic carbocycles. The summed E-state index contributed by atoms with van der Waals surface area (Å²) in [6.45, 7) is 0. The summed E-state index contributed by atoms with van der Waals surface area (Å²) in [5.41, 5.74) is 2.96. The van der Waals surface area contributed by atoms with Crippen LogP contribution in [0.25, 0.3) is 21.5 Å². The second-order valence-corrected chi connectivity index (χ2v) is 6.40. The Morgan fingerprint density at radius 2 is 1.83 bits per heavy atom. The largest absolute Gasteiger partial charge is 0.449 e. The van der Waals surface area contributed by atoms with Crippen LogP contribution in [0.5, 0.6) is 0 Å². The molecule has 1 heterocycles. The van der Waals surface area contributed by atoms with E-state index < -0.39 is 0 Å². The number of fused-ring (bicyclic) bond motifs is 5. The van der Waals surface area contributed by atoms with Crippen LogP contribution in [0.1, 0.15) is 29.4 Å². The van der Waals surface area contributed by atoms with Gasteiger partial charge in [-0.1, -0.05) is 48.5 Å². The zero-order valence-corrected chi connectivity index (χ0v) is 12.8. The Balaban J connectivity index is 1.72. The monoisotopic (exact) mass is 299 g/mol. The van der Waals surface area contributed by atoms with Crippen LogP contribution in [0.15, 0.2) is 65.4 Å². The standard InChI is InChI=1S/C21H17NO/c1-2-4-17-14(3-1)7-10-19-18(17)9-8-15-5-6-16(13-20(15)19)21-22-11-12-23-21/h1-4,7-12,16H,5-6,13H2. The molecule has 1 aliphatic rings. The van der Waals surface area contributed by atoms with E-state index in [0.29, 0.717) is 5.92 Å². The molecule has 2 heteroatoms. The molecule has 0 fully saturated rings. The molecular weight excluding hydrogens is 282 g/mol. The predicted octanol–water partition coefficient (Wildman–Crippen LogP) is 5.25. The van der Waals surface area contributed by atoms with Crippen molar-refractivity contribution in [2.75, 3.05) is 0 Å². The molecule has 0 aliphatic heterocycles. The molecule has 1 unspecified atom stereocenters. The molecule has 4 aromatic rings. The molecule has 3 aromatic carbocycles. The smallest absolute Gasteiger partial charge is 0.197 e. The zero-order valence-electron chi connectivity index (χ0n) is 12.8. The van der Waals surface area contributed by atoms with Crippen molar-refractivity contribution in [3.63, 3.8) is 0 Å². The van der Waals surface area contributed by atoms with Crippen LogP contribution >= 0.6 is 0 Å². The average molecular weight is 299 g/mol. The van der Waals surface area contributed by atoms with Crippen molar-refractivity contribution in [3.8, 4) is 0 Å². The number of benzene rings is 3. The molecule has 0 saturated heterocycles. The number of aromatic nitrogens is 1. The van der Waals surface area contributed by atoms with Gasteiger partial charge in [-0.15, -0.1) is 0 Å². The number of oxazole rings is 1. The maximum absolute atomic E-state index is 5.56. The lowest BCUT2D eigenvalue weighted by Crippen LogP contribution is -2.13. The van der Waals surface area contributed by atoms with Crippen molar-refractivity contribution in [2.24, 2.45) is 0 Å². The van der Waals surface area contributed by atoms with Crippen LogP contribution in [-0.4, -0.2) is 4.98 Å². The third-order valence-corrected chi connectivity index (χ3v) is 5.15. The minimum atomic E-state index is 0.398. The Kier molecular flexibility index (Phi) is 2.77. The maximum Gasteiger partial charge on any atom is 0.197 e. The molecule has 0 amide bonds. The summed E-state index contributed by atoms with van der Waals surface area (Å²) in [7, 11) is 0. The van der Waals surface area contributed by atoms with E-state index in [2.05, 4.69) is 53.5 Å². The van der Waals surface area contributed by atoms with Gasteiger partial charge < -0.3 is 4.42 Å². The first-order valence-corrected chi connectivity index (χ1v) is 8.22. The number of rotatable bonds is 1. The van der Waals surface area contributed by atoms with E-state index in [4.69, 9.17) is 4.42 Å². The number of aryl methyl sites for hydroxylation is 1. The molecule has 23 heavy (non-hydrogen) atoms. The molecule has 5 rings (SSSR count). The highest BCUT2D eigenvalue weighted by atomic mass is 16.3. The fourth-order valence-corrected chi connectivity index (χ4v) is 4.00. The molecule has 2 nitrogen and oxygen atoms in total. The van der Waals surface area contributed by atoms with Gasteiger partial charge in [-0.2, -0.15) is 0 Å². The third kappa shape index (κ3) is 1.98. The molecule has 0 N–H and O–H groups in total. The van der Waals surface area contributed by atoms with Gasteiger partial charge in [0.1, 0.15) is 6.26 Å². The average Bonchev–Trinajstić information content (AvgIpc) is 3.15. The topological polar surface area (TPSA) is 26.0 Å². The van der Waals surface area contributed by atoms with Crippen LogP contribution in [0.2, 0.25) is 0 Å². The van der Waals surface area contributed by atoms with Gasteiger partial charge in [-0.25, -0.2) is 4.98 Å². The van der Waals surface area contributed by atoms with Crippen molar-refractivity contribution in [2.45, 2.75) is 25.2 Å². The minimum absolute atomic E-state index is 0.398. The summed E-state index contributed by atoms with van der Waals surface area (Å²) in [4.78, 5) is 4.38. The second-order valence-electron chi connectivity index (χ2n) is 6.40. The maximum atomic E-state index is 5.56. The van der Waals surface area contributed by atoms with Gasteiger partial charge in [0.2, 0.25) is 0 Å². The highest BCUT2D eigenvalue weighted by Crippen LogP contribution is 2.37. The van der Waals surface area contributed by atoms with Crippen molar-refractivity contribution in [1.82, 2.24) is 4.98 Å². The summed E-state index contributed by atoms with van der Waals surface area (Å²) in [6.07, 6.45) is 6.67. The fraction of sp³-hybridized carbons (Fsp3) is 0.190. The minimum Gasteiger partial charge on any atom is -0.449 e. The van der Waals surface area contributed by atoms with Gasteiger partial charge in [-0.3, -0.25) is 0 Å². The molecule has 112 valence electrons. The van der Waals surface area contributed by atoms with Crippen LogP contribution in [-0.2, 0) is 12.8 Å². The molecule has 0 saturated carbocycles. The highest BCUT2D eigenvalue weighted by Gasteiger charge is 2.24. The summed E-state index contributed by atoms with van der Waals surface area (Å²) < 4.78 is 5.56. The quantitative estimate of drug-likeness (QED) is 0.448. The summed E-state index contributed by atoms with van der Waals surface area (Å²) >= 11 is 0. The van der Waals surface area contributed by atoms with E-state index in [0.717, 1.165) is 25.2 Å².